The lowest BCUT2D eigenvalue weighted by Gasteiger charge is -2.24. The van der Waals surface area contributed by atoms with E-state index in [2.05, 4.69) is 0 Å². The Morgan fingerprint density at radius 1 is 1.47 bits per heavy atom. The number of amides is 1. The summed E-state index contributed by atoms with van der Waals surface area (Å²) in [7, 11) is 0. The molecule has 1 aliphatic heterocycles. The molecule has 0 bridgehead atoms. The first-order valence-electron chi connectivity index (χ1n) is 6.41. The standard InChI is InChI=1S/C14H18N2O3/c15-13(8-10-3-5-12(18)6-4-10)14(19)16-7-1-2-11(16)9-17/h3-6,9,11,13,18H,1-2,7-8,15H2/t11-,13-/m0/s1. The molecule has 0 saturated carbocycles. The minimum atomic E-state index is -0.648. The van der Waals surface area contributed by atoms with Gasteiger partial charge >= 0.3 is 0 Å². The molecule has 1 aromatic carbocycles. The molecule has 0 aromatic heterocycles. The van der Waals surface area contributed by atoms with Crippen molar-refractivity contribution in [3.8, 4) is 5.75 Å². The van der Waals surface area contributed by atoms with Crippen LogP contribution in [0.25, 0.3) is 0 Å². The minimum Gasteiger partial charge on any atom is -0.508 e. The summed E-state index contributed by atoms with van der Waals surface area (Å²) < 4.78 is 0. The van der Waals surface area contributed by atoms with Gasteiger partial charge in [0.2, 0.25) is 5.91 Å². The Bertz CT molecular complexity index is 458. The molecule has 19 heavy (non-hydrogen) atoms. The Morgan fingerprint density at radius 2 is 2.16 bits per heavy atom. The quantitative estimate of drug-likeness (QED) is 0.772. The second-order valence-corrected chi connectivity index (χ2v) is 4.85. The molecule has 0 unspecified atom stereocenters. The molecule has 0 radical (unpaired) electrons. The maximum absolute atomic E-state index is 12.2. The Hall–Kier alpha value is -1.88. The molecule has 2 rings (SSSR count). The Kier molecular flexibility index (Phi) is 4.16. The van der Waals surface area contributed by atoms with Gasteiger partial charge in [-0.2, -0.15) is 0 Å². The maximum Gasteiger partial charge on any atom is 0.240 e. The van der Waals surface area contributed by atoms with Crippen molar-refractivity contribution >= 4 is 12.2 Å². The van der Waals surface area contributed by atoms with Crippen molar-refractivity contribution in [2.75, 3.05) is 6.54 Å². The molecule has 5 nitrogen and oxygen atoms in total. The number of phenols is 1. The van der Waals surface area contributed by atoms with Crippen LogP contribution in [0.4, 0.5) is 0 Å². The lowest BCUT2D eigenvalue weighted by Crippen LogP contribution is -2.47. The molecule has 5 heteroatoms. The van der Waals surface area contributed by atoms with Gasteiger partial charge in [0.15, 0.2) is 0 Å². The van der Waals surface area contributed by atoms with Crippen LogP contribution in [0.1, 0.15) is 18.4 Å². The van der Waals surface area contributed by atoms with E-state index in [1.807, 2.05) is 0 Å². The van der Waals surface area contributed by atoms with Crippen molar-refractivity contribution in [2.45, 2.75) is 31.3 Å². The van der Waals surface area contributed by atoms with Gasteiger partial charge in [0, 0.05) is 6.54 Å². The van der Waals surface area contributed by atoms with E-state index >= 15 is 0 Å². The molecule has 102 valence electrons. The summed E-state index contributed by atoms with van der Waals surface area (Å²) in [6.07, 6.45) is 2.79. The van der Waals surface area contributed by atoms with Gasteiger partial charge in [0.1, 0.15) is 12.0 Å². The number of phenolic OH excluding ortho intramolecular Hbond substituents is 1. The number of nitrogens with zero attached hydrogens (tertiary/aromatic N) is 1. The zero-order valence-corrected chi connectivity index (χ0v) is 10.7. The predicted molar refractivity (Wildman–Crippen MR) is 70.6 cm³/mol. The van der Waals surface area contributed by atoms with E-state index < -0.39 is 6.04 Å². The number of likely N-dealkylation sites (tertiary alicyclic amines) is 1. The number of hydrogen-bond acceptors (Lipinski definition) is 4. The van der Waals surface area contributed by atoms with Crippen molar-refractivity contribution in [3.63, 3.8) is 0 Å². The number of aromatic hydroxyl groups is 1. The highest BCUT2D eigenvalue weighted by Gasteiger charge is 2.31. The average Bonchev–Trinajstić information content (AvgIpc) is 2.88. The second kappa shape index (κ2) is 5.84. The summed E-state index contributed by atoms with van der Waals surface area (Å²) in [6.45, 7) is 0.603. The van der Waals surface area contributed by atoms with Crippen molar-refractivity contribution < 1.29 is 14.7 Å². The van der Waals surface area contributed by atoms with Crippen LogP contribution in [0.3, 0.4) is 0 Å². The van der Waals surface area contributed by atoms with Crippen molar-refractivity contribution in [2.24, 2.45) is 5.73 Å². The fourth-order valence-corrected chi connectivity index (χ4v) is 2.39. The summed E-state index contributed by atoms with van der Waals surface area (Å²) in [4.78, 5) is 24.6. The summed E-state index contributed by atoms with van der Waals surface area (Å²) in [5, 5.41) is 9.19. The smallest absolute Gasteiger partial charge is 0.240 e. The van der Waals surface area contributed by atoms with Gasteiger partial charge in [-0.05, 0) is 37.0 Å². The third kappa shape index (κ3) is 3.12. The fraction of sp³-hybridized carbons (Fsp3) is 0.429. The molecule has 1 saturated heterocycles. The molecule has 3 N–H and O–H groups in total. The van der Waals surface area contributed by atoms with Crippen molar-refractivity contribution in [1.29, 1.82) is 0 Å². The molecule has 1 amide bonds. The number of carbonyl (C=O) groups is 2. The minimum absolute atomic E-state index is 0.178. The van der Waals surface area contributed by atoms with Crippen LogP contribution in [0.2, 0.25) is 0 Å². The normalized spacial score (nSPS) is 20.3. The molecule has 1 fully saturated rings. The summed E-state index contributed by atoms with van der Waals surface area (Å²) in [6, 6.07) is 5.64. The van der Waals surface area contributed by atoms with Crippen LogP contribution in [0.5, 0.6) is 5.75 Å². The Labute approximate surface area is 112 Å². The third-order valence-electron chi connectivity index (χ3n) is 3.45. The van der Waals surface area contributed by atoms with Crippen LogP contribution < -0.4 is 5.73 Å². The topological polar surface area (TPSA) is 83.6 Å². The van der Waals surface area contributed by atoms with Gasteiger partial charge in [0.25, 0.3) is 0 Å². The van der Waals surface area contributed by atoms with E-state index in [9.17, 15) is 14.7 Å². The molecule has 1 heterocycles. The first kappa shape index (κ1) is 13.5. The highest BCUT2D eigenvalue weighted by atomic mass is 16.3. The van der Waals surface area contributed by atoms with Crippen molar-refractivity contribution in [3.05, 3.63) is 29.8 Å². The number of hydrogen-bond donors (Lipinski definition) is 2. The zero-order chi connectivity index (χ0) is 13.8. The van der Waals surface area contributed by atoms with Crippen LogP contribution in [-0.4, -0.2) is 40.8 Å². The fourth-order valence-electron chi connectivity index (χ4n) is 2.39. The van der Waals surface area contributed by atoms with Gasteiger partial charge in [-0.15, -0.1) is 0 Å². The number of aldehydes is 1. The first-order chi connectivity index (χ1) is 9.11. The number of benzene rings is 1. The summed E-state index contributed by atoms with van der Waals surface area (Å²) in [5.74, 6) is 0.00637. The number of carbonyl (C=O) groups excluding carboxylic acids is 2. The largest absolute Gasteiger partial charge is 0.508 e. The van der Waals surface area contributed by atoms with Gasteiger partial charge in [-0.25, -0.2) is 0 Å². The van der Waals surface area contributed by atoms with E-state index in [1.165, 1.54) is 0 Å². The van der Waals surface area contributed by atoms with E-state index in [4.69, 9.17) is 5.73 Å². The van der Waals surface area contributed by atoms with Gasteiger partial charge in [0.05, 0.1) is 12.1 Å². The zero-order valence-electron chi connectivity index (χ0n) is 10.7. The van der Waals surface area contributed by atoms with Crippen LogP contribution >= 0.6 is 0 Å². The van der Waals surface area contributed by atoms with Crippen LogP contribution in [0, 0.1) is 0 Å². The highest BCUT2D eigenvalue weighted by Crippen LogP contribution is 2.17. The molecular weight excluding hydrogens is 244 g/mol. The molecule has 2 atom stereocenters. The molecular formula is C14H18N2O3. The Morgan fingerprint density at radius 3 is 2.79 bits per heavy atom. The predicted octanol–water partition coefficient (Wildman–Crippen LogP) is 0.452. The van der Waals surface area contributed by atoms with Crippen LogP contribution in [0.15, 0.2) is 24.3 Å². The van der Waals surface area contributed by atoms with Crippen LogP contribution in [-0.2, 0) is 16.0 Å². The second-order valence-electron chi connectivity index (χ2n) is 4.85. The SMILES string of the molecule is N[C@@H](Cc1ccc(O)cc1)C(=O)N1CCC[C@H]1C=O. The molecule has 1 aliphatic rings. The number of rotatable bonds is 4. The number of nitrogens with two attached hydrogens (primary N) is 1. The van der Waals surface area contributed by atoms with E-state index in [-0.39, 0.29) is 17.7 Å². The van der Waals surface area contributed by atoms with E-state index in [0.29, 0.717) is 13.0 Å². The third-order valence-corrected chi connectivity index (χ3v) is 3.45. The van der Waals surface area contributed by atoms with Gasteiger partial charge in [-0.1, -0.05) is 12.1 Å². The first-order valence-corrected chi connectivity index (χ1v) is 6.41. The van der Waals surface area contributed by atoms with Gasteiger partial charge in [-0.3, -0.25) is 4.79 Å². The summed E-state index contributed by atoms with van der Waals surface area (Å²) >= 11 is 0. The van der Waals surface area contributed by atoms with E-state index in [1.54, 1.807) is 29.2 Å². The lowest BCUT2D eigenvalue weighted by atomic mass is 10.1. The monoisotopic (exact) mass is 262 g/mol. The highest BCUT2D eigenvalue weighted by molar-refractivity contribution is 5.85. The van der Waals surface area contributed by atoms with Gasteiger partial charge < -0.3 is 20.5 Å². The van der Waals surface area contributed by atoms with Crippen molar-refractivity contribution in [1.82, 2.24) is 4.90 Å². The maximum atomic E-state index is 12.2. The lowest BCUT2D eigenvalue weighted by molar-refractivity contribution is -0.135. The Balaban J connectivity index is 1.99. The van der Waals surface area contributed by atoms with E-state index in [0.717, 1.165) is 24.7 Å². The average molecular weight is 262 g/mol. The molecule has 1 aromatic rings. The molecule has 0 aliphatic carbocycles. The molecule has 0 spiro atoms. The summed E-state index contributed by atoms with van der Waals surface area (Å²) in [5.41, 5.74) is 6.80.